The number of amidine groups is 2. The Morgan fingerprint density at radius 3 is 2.05 bits per heavy atom. The fourth-order valence-corrected chi connectivity index (χ4v) is 5.10. The molecule has 4 aromatic rings. The van der Waals surface area contributed by atoms with Gasteiger partial charge in [0.2, 0.25) is 0 Å². The molecule has 1 aromatic heterocycles. The van der Waals surface area contributed by atoms with Crippen molar-refractivity contribution in [1.82, 2.24) is 9.47 Å². The molecular weight excluding hydrogens is 464 g/mol. The summed E-state index contributed by atoms with van der Waals surface area (Å²) in [6.45, 7) is 9.99. The molecule has 1 unspecified atom stereocenters. The maximum absolute atomic E-state index is 9.23. The number of rotatable bonds is 6. The van der Waals surface area contributed by atoms with E-state index in [0.717, 1.165) is 33.4 Å². The van der Waals surface area contributed by atoms with E-state index in [-0.39, 0.29) is 17.7 Å². The molecule has 1 heterocycles. The van der Waals surface area contributed by atoms with Crippen LogP contribution in [0, 0.1) is 10.8 Å². The van der Waals surface area contributed by atoms with Crippen LogP contribution in [0.25, 0.3) is 27.5 Å². The predicted molar refractivity (Wildman–Crippen MR) is 162 cm³/mol. The van der Waals surface area contributed by atoms with Crippen LogP contribution in [0.15, 0.2) is 133 Å². The number of nitrogens with zero attached hydrogens (tertiary/aromatic N) is 2. The molecule has 0 radical (unpaired) electrons. The zero-order chi connectivity index (χ0) is 26.8. The molecule has 4 nitrogen and oxygen atoms in total. The number of benzene rings is 3. The van der Waals surface area contributed by atoms with Gasteiger partial charge in [-0.25, -0.2) is 0 Å². The van der Waals surface area contributed by atoms with E-state index in [4.69, 9.17) is 5.41 Å². The third kappa shape index (κ3) is 4.35. The van der Waals surface area contributed by atoms with Crippen molar-refractivity contribution in [3.8, 4) is 5.69 Å². The van der Waals surface area contributed by atoms with Gasteiger partial charge < -0.3 is 9.47 Å². The highest BCUT2D eigenvalue weighted by Crippen LogP contribution is 2.32. The molecule has 5 rings (SSSR count). The lowest BCUT2D eigenvalue weighted by Crippen LogP contribution is -2.44. The molecular formula is C34H32N4. The molecule has 0 bridgehead atoms. The summed E-state index contributed by atoms with van der Waals surface area (Å²) in [6.07, 6.45) is 11.8. The van der Waals surface area contributed by atoms with Gasteiger partial charge in [0.25, 0.3) is 0 Å². The molecule has 0 saturated heterocycles. The third-order valence-electron chi connectivity index (χ3n) is 7.03. The quantitative estimate of drug-likeness (QED) is 0.157. The molecule has 0 spiro atoms. The molecule has 1 atom stereocenters. The van der Waals surface area contributed by atoms with Crippen molar-refractivity contribution < 1.29 is 0 Å². The van der Waals surface area contributed by atoms with Gasteiger partial charge in [0.05, 0.1) is 17.1 Å². The SMILES string of the molecule is C=C(C)/C(=C\C=C/C)C(=N)N(C(=N)c1ccc(-n2c3ccccc3c3ccccc32)cc1)C1C=CC=C1C. The second kappa shape index (κ2) is 10.3. The molecule has 0 saturated carbocycles. The minimum absolute atomic E-state index is 0.194. The summed E-state index contributed by atoms with van der Waals surface area (Å²) in [6, 6.07) is 24.8. The van der Waals surface area contributed by atoms with Crippen LogP contribution in [0.4, 0.5) is 0 Å². The highest BCUT2D eigenvalue weighted by Gasteiger charge is 2.29. The smallest absolute Gasteiger partial charge is 0.134 e. The van der Waals surface area contributed by atoms with Crippen LogP contribution in [0.1, 0.15) is 26.3 Å². The van der Waals surface area contributed by atoms with E-state index in [9.17, 15) is 5.41 Å². The first-order valence-electron chi connectivity index (χ1n) is 12.8. The van der Waals surface area contributed by atoms with Gasteiger partial charge in [0.15, 0.2) is 0 Å². The van der Waals surface area contributed by atoms with Gasteiger partial charge in [0.1, 0.15) is 11.7 Å². The maximum atomic E-state index is 9.23. The van der Waals surface area contributed by atoms with E-state index < -0.39 is 0 Å². The first kappa shape index (κ1) is 25.0. The molecule has 0 fully saturated rings. The van der Waals surface area contributed by atoms with Gasteiger partial charge in [-0.05, 0) is 68.3 Å². The van der Waals surface area contributed by atoms with Crippen LogP contribution in [0.2, 0.25) is 0 Å². The highest BCUT2D eigenvalue weighted by atomic mass is 15.2. The number of aromatic nitrogens is 1. The second-order valence-electron chi connectivity index (χ2n) is 9.61. The van der Waals surface area contributed by atoms with E-state index in [2.05, 4.69) is 71.8 Å². The molecule has 2 N–H and O–H groups in total. The van der Waals surface area contributed by atoms with Crippen molar-refractivity contribution in [3.63, 3.8) is 0 Å². The normalized spacial score (nSPS) is 15.4. The van der Waals surface area contributed by atoms with Gasteiger partial charge in [0, 0.05) is 27.6 Å². The largest absolute Gasteiger partial charge is 0.309 e. The molecule has 188 valence electrons. The predicted octanol–water partition coefficient (Wildman–Crippen LogP) is 8.35. The van der Waals surface area contributed by atoms with E-state index in [1.54, 1.807) is 4.90 Å². The second-order valence-corrected chi connectivity index (χ2v) is 9.61. The third-order valence-corrected chi connectivity index (χ3v) is 7.03. The zero-order valence-electron chi connectivity index (χ0n) is 22.1. The van der Waals surface area contributed by atoms with E-state index in [1.807, 2.05) is 69.4 Å². The Kier molecular flexibility index (Phi) is 6.80. The summed E-state index contributed by atoms with van der Waals surface area (Å²) >= 11 is 0. The van der Waals surface area contributed by atoms with Gasteiger partial charge in [-0.3, -0.25) is 10.8 Å². The lowest BCUT2D eigenvalue weighted by molar-refractivity contribution is 0.562. The van der Waals surface area contributed by atoms with Crippen molar-refractivity contribution in [2.45, 2.75) is 26.8 Å². The number of hydrogen-bond acceptors (Lipinski definition) is 2. The summed E-state index contributed by atoms with van der Waals surface area (Å²) < 4.78 is 2.27. The average Bonchev–Trinajstić information content (AvgIpc) is 3.50. The van der Waals surface area contributed by atoms with Crippen molar-refractivity contribution in [2.24, 2.45) is 0 Å². The highest BCUT2D eigenvalue weighted by molar-refractivity contribution is 6.15. The molecule has 0 amide bonds. The van der Waals surface area contributed by atoms with Crippen molar-refractivity contribution in [1.29, 1.82) is 10.8 Å². The monoisotopic (exact) mass is 496 g/mol. The standard InChI is InChI=1S/C34H32N4/c1-5-6-13-27(23(2)3)34(36)38(30-18-11-12-24(30)4)33(35)25-19-21-26(22-20-25)37-31-16-9-7-14-28(31)29-15-8-10-17-32(29)37/h5-22,30,35-36H,2H2,1,3-4H3/b6-5-,27-13+,35-33?,36-34?. The van der Waals surface area contributed by atoms with Crippen LogP contribution in [-0.2, 0) is 0 Å². The van der Waals surface area contributed by atoms with Crippen LogP contribution >= 0.6 is 0 Å². The van der Waals surface area contributed by atoms with Crippen molar-refractivity contribution >= 4 is 33.5 Å². The van der Waals surface area contributed by atoms with Crippen molar-refractivity contribution in [2.75, 3.05) is 0 Å². The van der Waals surface area contributed by atoms with Crippen LogP contribution in [-0.4, -0.2) is 27.2 Å². The summed E-state index contributed by atoms with van der Waals surface area (Å²) in [5.41, 5.74) is 6.68. The Morgan fingerprint density at radius 2 is 1.53 bits per heavy atom. The fraction of sp³-hybridized carbons (Fsp3) is 0.118. The van der Waals surface area contributed by atoms with Gasteiger partial charge in [-0.15, -0.1) is 0 Å². The molecule has 38 heavy (non-hydrogen) atoms. The van der Waals surface area contributed by atoms with Gasteiger partial charge >= 0.3 is 0 Å². The first-order chi connectivity index (χ1) is 18.4. The zero-order valence-corrected chi connectivity index (χ0v) is 22.1. The molecule has 3 aromatic carbocycles. The van der Waals surface area contributed by atoms with Gasteiger partial charge in [-0.2, -0.15) is 0 Å². The number of para-hydroxylation sites is 2. The van der Waals surface area contributed by atoms with Crippen LogP contribution < -0.4 is 0 Å². The number of nitrogens with one attached hydrogen (secondary N) is 2. The minimum Gasteiger partial charge on any atom is -0.309 e. The molecule has 1 aliphatic rings. The molecule has 1 aliphatic carbocycles. The molecule has 4 heteroatoms. The number of hydrogen-bond donors (Lipinski definition) is 2. The number of fused-ring (bicyclic) bond motifs is 3. The fourth-order valence-electron chi connectivity index (χ4n) is 5.10. The van der Waals surface area contributed by atoms with E-state index in [1.165, 1.54) is 10.8 Å². The van der Waals surface area contributed by atoms with E-state index >= 15 is 0 Å². The lowest BCUT2D eigenvalue weighted by Gasteiger charge is -2.33. The summed E-state index contributed by atoms with van der Waals surface area (Å²) in [5, 5.41) is 20.8. The Bertz CT molecular complexity index is 1640. The average molecular weight is 497 g/mol. The summed E-state index contributed by atoms with van der Waals surface area (Å²) in [5.74, 6) is 0.539. The molecule has 0 aliphatic heterocycles. The van der Waals surface area contributed by atoms with Crippen LogP contribution in [0.3, 0.4) is 0 Å². The summed E-state index contributed by atoms with van der Waals surface area (Å²) in [7, 11) is 0. The van der Waals surface area contributed by atoms with Gasteiger partial charge in [-0.1, -0.05) is 79.4 Å². The lowest BCUT2D eigenvalue weighted by atomic mass is 10.0. The Morgan fingerprint density at radius 1 is 0.921 bits per heavy atom. The Balaban J connectivity index is 1.56. The number of allylic oxidation sites excluding steroid dienone is 5. The maximum Gasteiger partial charge on any atom is 0.134 e. The van der Waals surface area contributed by atoms with E-state index in [0.29, 0.717) is 5.57 Å². The Hall–Kier alpha value is -4.70. The first-order valence-corrected chi connectivity index (χ1v) is 12.8. The topological polar surface area (TPSA) is 55.9 Å². The minimum atomic E-state index is -0.194. The van der Waals surface area contributed by atoms with Crippen molar-refractivity contribution in [3.05, 3.63) is 138 Å². The Labute approximate surface area is 224 Å². The van der Waals surface area contributed by atoms with Crippen LogP contribution in [0.5, 0.6) is 0 Å². The summed E-state index contributed by atoms with van der Waals surface area (Å²) in [4.78, 5) is 1.79.